The van der Waals surface area contributed by atoms with E-state index in [1.165, 1.54) is 11.5 Å². The van der Waals surface area contributed by atoms with Gasteiger partial charge in [0, 0.05) is 44.1 Å². The van der Waals surface area contributed by atoms with Gasteiger partial charge >= 0.3 is 0 Å². The lowest BCUT2D eigenvalue weighted by molar-refractivity contribution is 0.0725. The van der Waals surface area contributed by atoms with Crippen LogP contribution >= 0.6 is 11.5 Å². The molecule has 1 aromatic heterocycles. The van der Waals surface area contributed by atoms with E-state index in [-0.39, 0.29) is 5.25 Å². The number of morpholine rings is 1. The van der Waals surface area contributed by atoms with E-state index in [4.69, 9.17) is 4.74 Å². The van der Waals surface area contributed by atoms with Gasteiger partial charge in [-0.1, -0.05) is 6.92 Å². The first kappa shape index (κ1) is 16.1. The van der Waals surface area contributed by atoms with Crippen LogP contribution in [0.15, 0.2) is 0 Å². The molecule has 1 aromatic rings. The Morgan fingerprint density at radius 2 is 2.09 bits per heavy atom. The van der Waals surface area contributed by atoms with Crippen LogP contribution in [0.3, 0.4) is 0 Å². The van der Waals surface area contributed by atoms with Crippen LogP contribution in [0.25, 0.3) is 0 Å². The van der Waals surface area contributed by atoms with Gasteiger partial charge in [0.05, 0.1) is 18.5 Å². The third kappa shape index (κ3) is 3.27. The zero-order valence-electron chi connectivity index (χ0n) is 12.8. The van der Waals surface area contributed by atoms with Crippen molar-refractivity contribution in [3.05, 3.63) is 5.82 Å². The summed E-state index contributed by atoms with van der Waals surface area (Å²) >= 11 is 1.37. The monoisotopic (exact) mass is 346 g/mol. The number of aromatic nitrogens is 2. The average molecular weight is 346 g/mol. The van der Waals surface area contributed by atoms with Crippen LogP contribution < -0.4 is 4.90 Å². The summed E-state index contributed by atoms with van der Waals surface area (Å²) in [5.41, 5.74) is 0. The number of anilines is 1. The molecule has 0 N–H and O–H groups in total. The van der Waals surface area contributed by atoms with Crippen LogP contribution in [0.5, 0.6) is 0 Å². The van der Waals surface area contributed by atoms with E-state index >= 15 is 0 Å². The molecule has 7 nitrogen and oxygen atoms in total. The quantitative estimate of drug-likeness (QED) is 0.800. The van der Waals surface area contributed by atoms with Gasteiger partial charge < -0.3 is 9.64 Å². The van der Waals surface area contributed by atoms with Crippen molar-refractivity contribution in [1.29, 1.82) is 0 Å². The summed E-state index contributed by atoms with van der Waals surface area (Å²) in [6.45, 7) is 5.31. The van der Waals surface area contributed by atoms with Crippen LogP contribution in [0.2, 0.25) is 0 Å². The second-order valence-corrected chi connectivity index (χ2v) is 8.56. The maximum atomic E-state index is 12.8. The first-order chi connectivity index (χ1) is 10.6. The van der Waals surface area contributed by atoms with Gasteiger partial charge in [-0.25, -0.2) is 13.4 Å². The summed E-state index contributed by atoms with van der Waals surface area (Å²) in [5, 5.41) is 0.493. The zero-order chi connectivity index (χ0) is 15.6. The topological polar surface area (TPSA) is 75.6 Å². The molecule has 0 aliphatic carbocycles. The summed E-state index contributed by atoms with van der Waals surface area (Å²) in [4.78, 5) is 6.56. The standard InChI is InChI=1S/C13H22N4O3S2/c1-2-12-14-13(21-15-12)16-5-3-4-11(10-16)22(18,19)17-6-8-20-9-7-17/h11H,2-10H2,1H3/t11-/m1/s1. The van der Waals surface area contributed by atoms with Gasteiger partial charge in [0.1, 0.15) is 5.82 Å². The van der Waals surface area contributed by atoms with E-state index in [1.54, 1.807) is 4.31 Å². The molecule has 3 rings (SSSR count). The number of nitrogens with zero attached hydrogens (tertiary/aromatic N) is 4. The molecule has 22 heavy (non-hydrogen) atoms. The second-order valence-electron chi connectivity index (χ2n) is 5.61. The SMILES string of the molecule is CCc1nsc(N2CCC[C@@H](S(=O)(=O)N3CCOCC3)C2)n1. The molecular weight excluding hydrogens is 324 g/mol. The lowest BCUT2D eigenvalue weighted by Gasteiger charge is -2.36. The van der Waals surface area contributed by atoms with E-state index in [2.05, 4.69) is 14.3 Å². The number of hydrogen-bond donors (Lipinski definition) is 0. The van der Waals surface area contributed by atoms with Gasteiger partial charge in [-0.05, 0) is 12.8 Å². The van der Waals surface area contributed by atoms with Crippen LogP contribution in [0.4, 0.5) is 5.13 Å². The van der Waals surface area contributed by atoms with Gasteiger partial charge in [-0.2, -0.15) is 8.68 Å². The van der Waals surface area contributed by atoms with Crippen LogP contribution in [-0.2, 0) is 21.2 Å². The smallest absolute Gasteiger partial charge is 0.218 e. The van der Waals surface area contributed by atoms with Crippen LogP contribution in [0.1, 0.15) is 25.6 Å². The van der Waals surface area contributed by atoms with Gasteiger partial charge in [-0.15, -0.1) is 0 Å². The minimum atomic E-state index is -3.26. The van der Waals surface area contributed by atoms with E-state index in [0.717, 1.165) is 36.8 Å². The van der Waals surface area contributed by atoms with Gasteiger partial charge in [0.2, 0.25) is 15.2 Å². The van der Waals surface area contributed by atoms with Crippen LogP contribution in [-0.4, -0.2) is 66.7 Å². The highest BCUT2D eigenvalue weighted by Gasteiger charge is 2.36. The molecule has 0 aromatic carbocycles. The Morgan fingerprint density at radius 1 is 1.32 bits per heavy atom. The minimum Gasteiger partial charge on any atom is -0.379 e. The number of hydrogen-bond acceptors (Lipinski definition) is 7. The first-order valence-corrected chi connectivity index (χ1v) is 10.0. The van der Waals surface area contributed by atoms with E-state index in [1.807, 2.05) is 6.92 Å². The number of sulfonamides is 1. The van der Waals surface area contributed by atoms with Crippen molar-refractivity contribution < 1.29 is 13.2 Å². The highest BCUT2D eigenvalue weighted by molar-refractivity contribution is 7.89. The van der Waals surface area contributed by atoms with Crippen molar-refractivity contribution in [2.24, 2.45) is 0 Å². The van der Waals surface area contributed by atoms with Gasteiger partial charge in [0.25, 0.3) is 0 Å². The predicted octanol–water partition coefficient (Wildman–Crippen LogP) is 0.731. The summed E-state index contributed by atoms with van der Waals surface area (Å²) in [6, 6.07) is 0. The summed E-state index contributed by atoms with van der Waals surface area (Å²) < 4.78 is 36.7. The molecule has 0 saturated carbocycles. The Balaban J connectivity index is 1.71. The molecular formula is C13H22N4O3S2. The number of ether oxygens (including phenoxy) is 1. The third-order valence-corrected chi connectivity index (χ3v) is 7.30. The molecule has 0 bridgehead atoms. The molecule has 0 amide bonds. The fourth-order valence-corrected chi connectivity index (χ4v) is 5.58. The number of rotatable bonds is 4. The summed E-state index contributed by atoms with van der Waals surface area (Å²) in [5.74, 6) is 0.832. The van der Waals surface area contributed by atoms with Crippen molar-refractivity contribution in [2.45, 2.75) is 31.4 Å². The van der Waals surface area contributed by atoms with Crippen LogP contribution in [0, 0.1) is 0 Å². The van der Waals surface area contributed by atoms with Gasteiger partial charge in [0.15, 0.2) is 0 Å². The normalized spacial score (nSPS) is 24.6. The molecule has 2 saturated heterocycles. The maximum absolute atomic E-state index is 12.8. The third-order valence-electron chi connectivity index (χ3n) is 4.17. The summed E-state index contributed by atoms with van der Waals surface area (Å²) in [6.07, 6.45) is 2.39. The van der Waals surface area contributed by atoms with E-state index in [0.29, 0.717) is 32.8 Å². The Bertz CT molecular complexity index is 598. The van der Waals surface area contributed by atoms with Gasteiger partial charge in [-0.3, -0.25) is 0 Å². The number of piperidine rings is 1. The Morgan fingerprint density at radius 3 is 2.77 bits per heavy atom. The lowest BCUT2D eigenvalue weighted by atomic mass is 10.1. The minimum absolute atomic E-state index is 0.353. The number of aryl methyl sites for hydroxylation is 1. The highest BCUT2D eigenvalue weighted by atomic mass is 32.2. The van der Waals surface area contributed by atoms with Crippen molar-refractivity contribution in [3.8, 4) is 0 Å². The Kier molecular flexibility index (Phi) is 4.96. The molecule has 0 unspecified atom stereocenters. The van der Waals surface area contributed by atoms with Crippen molar-refractivity contribution in [2.75, 3.05) is 44.3 Å². The second kappa shape index (κ2) is 6.77. The lowest BCUT2D eigenvalue weighted by Crippen LogP contribution is -2.50. The fourth-order valence-electron chi connectivity index (χ4n) is 2.88. The fraction of sp³-hybridized carbons (Fsp3) is 0.846. The Hall–Kier alpha value is -0.770. The largest absolute Gasteiger partial charge is 0.379 e. The molecule has 1 atom stereocenters. The molecule has 2 aliphatic rings. The Labute approximate surface area is 135 Å². The first-order valence-electron chi connectivity index (χ1n) is 7.75. The highest BCUT2D eigenvalue weighted by Crippen LogP contribution is 2.26. The van der Waals surface area contributed by atoms with E-state index in [9.17, 15) is 8.42 Å². The molecule has 2 fully saturated rings. The molecule has 0 spiro atoms. The molecule has 2 aliphatic heterocycles. The molecule has 3 heterocycles. The zero-order valence-corrected chi connectivity index (χ0v) is 14.4. The van der Waals surface area contributed by atoms with Crippen molar-refractivity contribution in [1.82, 2.24) is 13.7 Å². The molecule has 124 valence electrons. The van der Waals surface area contributed by atoms with Crippen molar-refractivity contribution in [3.63, 3.8) is 0 Å². The summed E-state index contributed by atoms with van der Waals surface area (Å²) in [7, 11) is -3.26. The van der Waals surface area contributed by atoms with Crippen molar-refractivity contribution >= 4 is 26.7 Å². The maximum Gasteiger partial charge on any atom is 0.218 e. The molecule has 0 radical (unpaired) electrons. The molecule has 9 heteroatoms. The predicted molar refractivity (Wildman–Crippen MR) is 85.8 cm³/mol. The van der Waals surface area contributed by atoms with E-state index < -0.39 is 10.0 Å². The average Bonchev–Trinajstić information content (AvgIpc) is 3.05.